The summed E-state index contributed by atoms with van der Waals surface area (Å²) in [5.41, 5.74) is 1.22. The molecule has 0 saturated heterocycles. The Bertz CT molecular complexity index is 428. The fraction of sp³-hybridized carbons (Fsp3) is 0.526. The number of nitrogens with one attached hydrogen (secondary N) is 1. The maximum Gasteiger partial charge on any atom is 0.243 e. The summed E-state index contributed by atoms with van der Waals surface area (Å²) in [5, 5.41) is 2.79. The molecule has 3 heteroatoms. The van der Waals surface area contributed by atoms with Gasteiger partial charge >= 0.3 is 0 Å². The summed E-state index contributed by atoms with van der Waals surface area (Å²) in [4.78, 5) is 10.9. The highest BCUT2D eigenvalue weighted by Gasteiger charge is 1.96. The molecule has 0 fully saturated rings. The molecule has 0 aliphatic heterocycles. The summed E-state index contributed by atoms with van der Waals surface area (Å²) in [6.07, 6.45) is 12.1. The van der Waals surface area contributed by atoms with Crippen LogP contribution in [0.3, 0.4) is 0 Å². The number of amides is 1. The third kappa shape index (κ3) is 9.32. The number of carbonyl (C=O) groups excluding carboxylic acids is 1. The maximum atomic E-state index is 12.8. The third-order valence-corrected chi connectivity index (χ3v) is 3.79. The number of benzene rings is 1. The zero-order valence-corrected chi connectivity index (χ0v) is 13.5. The van der Waals surface area contributed by atoms with Crippen LogP contribution in [0.25, 0.3) is 0 Å². The minimum absolute atomic E-state index is 0.0823. The highest BCUT2D eigenvalue weighted by Crippen LogP contribution is 2.11. The average molecular weight is 305 g/mol. The summed E-state index contributed by atoms with van der Waals surface area (Å²) in [7, 11) is 0. The summed E-state index contributed by atoms with van der Waals surface area (Å²) in [6, 6.07) is 6.82. The van der Waals surface area contributed by atoms with Crippen molar-refractivity contribution in [3.63, 3.8) is 0 Å². The van der Waals surface area contributed by atoms with E-state index in [1.165, 1.54) is 68.7 Å². The lowest BCUT2D eigenvalue weighted by atomic mass is 10.0. The molecule has 0 saturated carbocycles. The lowest BCUT2D eigenvalue weighted by molar-refractivity contribution is -0.116. The van der Waals surface area contributed by atoms with Gasteiger partial charge in [-0.1, -0.05) is 57.2 Å². The SMILES string of the molecule is C=CC(=O)NCCCCCCCCCCc1ccc(F)cc1. The van der Waals surface area contributed by atoms with Crippen LogP contribution in [0.15, 0.2) is 36.9 Å². The zero-order valence-electron chi connectivity index (χ0n) is 13.5. The summed E-state index contributed by atoms with van der Waals surface area (Å²) in [6.45, 7) is 4.17. The molecule has 0 heterocycles. The molecule has 2 nitrogen and oxygen atoms in total. The fourth-order valence-corrected chi connectivity index (χ4v) is 2.45. The Morgan fingerprint density at radius 1 is 0.955 bits per heavy atom. The van der Waals surface area contributed by atoms with Crippen molar-refractivity contribution in [2.75, 3.05) is 6.54 Å². The van der Waals surface area contributed by atoms with Crippen LogP contribution in [0.2, 0.25) is 0 Å². The highest BCUT2D eigenvalue weighted by molar-refractivity contribution is 5.86. The minimum atomic E-state index is -0.159. The van der Waals surface area contributed by atoms with Gasteiger partial charge in [0.25, 0.3) is 0 Å². The van der Waals surface area contributed by atoms with Gasteiger partial charge in [0.2, 0.25) is 5.91 Å². The lowest BCUT2D eigenvalue weighted by Gasteiger charge is -2.04. The molecule has 0 unspecified atom stereocenters. The number of hydrogen-bond acceptors (Lipinski definition) is 1. The molecular weight excluding hydrogens is 277 g/mol. The summed E-state index contributed by atoms with van der Waals surface area (Å²) >= 11 is 0. The monoisotopic (exact) mass is 305 g/mol. The first-order valence-electron chi connectivity index (χ1n) is 8.37. The molecule has 122 valence electrons. The first-order chi connectivity index (χ1) is 10.7. The summed E-state index contributed by atoms with van der Waals surface area (Å²) < 4.78 is 12.8. The molecule has 0 aliphatic rings. The molecule has 1 aromatic rings. The Morgan fingerprint density at radius 3 is 2.09 bits per heavy atom. The topological polar surface area (TPSA) is 29.1 Å². The van der Waals surface area contributed by atoms with E-state index in [2.05, 4.69) is 11.9 Å². The number of rotatable bonds is 12. The van der Waals surface area contributed by atoms with Crippen LogP contribution >= 0.6 is 0 Å². The number of aryl methyl sites for hydroxylation is 1. The van der Waals surface area contributed by atoms with Gasteiger partial charge in [-0.25, -0.2) is 4.39 Å². The Kier molecular flexibility index (Phi) is 10.0. The number of unbranched alkanes of at least 4 members (excludes halogenated alkanes) is 7. The molecule has 1 N–H and O–H groups in total. The molecule has 1 amide bonds. The molecule has 1 aromatic carbocycles. The molecule has 0 radical (unpaired) electrons. The van der Waals surface area contributed by atoms with Gasteiger partial charge in [-0.05, 0) is 43.0 Å². The van der Waals surface area contributed by atoms with E-state index in [9.17, 15) is 9.18 Å². The van der Waals surface area contributed by atoms with Gasteiger partial charge in [-0.3, -0.25) is 4.79 Å². The van der Waals surface area contributed by atoms with Gasteiger partial charge in [-0.15, -0.1) is 0 Å². The van der Waals surface area contributed by atoms with Crippen molar-refractivity contribution in [2.24, 2.45) is 0 Å². The Labute approximate surface area is 133 Å². The molecule has 0 bridgehead atoms. The molecule has 0 aromatic heterocycles. The van der Waals surface area contributed by atoms with E-state index in [0.29, 0.717) is 0 Å². The Morgan fingerprint density at radius 2 is 1.50 bits per heavy atom. The second kappa shape index (κ2) is 12.0. The van der Waals surface area contributed by atoms with Crippen molar-refractivity contribution in [1.82, 2.24) is 5.32 Å². The average Bonchev–Trinajstić information content (AvgIpc) is 2.54. The number of halogens is 1. The van der Waals surface area contributed by atoms with Gasteiger partial charge in [-0.2, -0.15) is 0 Å². The first-order valence-corrected chi connectivity index (χ1v) is 8.37. The number of hydrogen-bond donors (Lipinski definition) is 1. The zero-order chi connectivity index (χ0) is 16.0. The standard InChI is InChI=1S/C19H28FNO/c1-2-19(22)21-16-10-8-6-4-3-5-7-9-11-17-12-14-18(20)15-13-17/h2,12-15H,1,3-11,16H2,(H,21,22). The van der Waals surface area contributed by atoms with E-state index >= 15 is 0 Å². The molecular formula is C19H28FNO. The van der Waals surface area contributed by atoms with Crippen LogP contribution in [-0.2, 0) is 11.2 Å². The quantitative estimate of drug-likeness (QED) is 0.436. The predicted octanol–water partition coefficient (Wildman–Crippen LogP) is 4.79. The predicted molar refractivity (Wildman–Crippen MR) is 90.2 cm³/mol. The summed E-state index contributed by atoms with van der Waals surface area (Å²) in [5.74, 6) is -0.242. The molecule has 22 heavy (non-hydrogen) atoms. The minimum Gasteiger partial charge on any atom is -0.353 e. The van der Waals surface area contributed by atoms with Crippen molar-refractivity contribution in [1.29, 1.82) is 0 Å². The van der Waals surface area contributed by atoms with Crippen molar-refractivity contribution < 1.29 is 9.18 Å². The number of carbonyl (C=O) groups is 1. The van der Waals surface area contributed by atoms with Crippen molar-refractivity contribution in [2.45, 2.75) is 57.8 Å². The van der Waals surface area contributed by atoms with Crippen LogP contribution in [0.5, 0.6) is 0 Å². The van der Waals surface area contributed by atoms with E-state index < -0.39 is 0 Å². The van der Waals surface area contributed by atoms with Crippen molar-refractivity contribution in [3.8, 4) is 0 Å². The van der Waals surface area contributed by atoms with Gasteiger partial charge in [0.15, 0.2) is 0 Å². The van der Waals surface area contributed by atoms with E-state index in [0.717, 1.165) is 19.4 Å². The Hall–Kier alpha value is -1.64. The van der Waals surface area contributed by atoms with Crippen molar-refractivity contribution in [3.05, 3.63) is 48.3 Å². The Balaban J connectivity index is 1.84. The molecule has 0 aliphatic carbocycles. The van der Waals surface area contributed by atoms with Crippen LogP contribution < -0.4 is 5.32 Å². The highest BCUT2D eigenvalue weighted by atomic mass is 19.1. The van der Waals surface area contributed by atoms with E-state index in [1.807, 2.05) is 12.1 Å². The molecule has 0 atom stereocenters. The normalized spacial score (nSPS) is 10.4. The fourth-order valence-electron chi connectivity index (χ4n) is 2.45. The van der Waals surface area contributed by atoms with Gasteiger partial charge in [0, 0.05) is 6.54 Å². The smallest absolute Gasteiger partial charge is 0.243 e. The van der Waals surface area contributed by atoms with Gasteiger partial charge in [0.1, 0.15) is 5.82 Å². The van der Waals surface area contributed by atoms with Crippen LogP contribution in [-0.4, -0.2) is 12.5 Å². The van der Waals surface area contributed by atoms with E-state index in [1.54, 1.807) is 0 Å². The van der Waals surface area contributed by atoms with E-state index in [4.69, 9.17) is 0 Å². The second-order valence-electron chi connectivity index (χ2n) is 5.70. The van der Waals surface area contributed by atoms with Gasteiger partial charge in [0.05, 0.1) is 0 Å². The lowest BCUT2D eigenvalue weighted by Crippen LogP contribution is -2.21. The molecule has 1 rings (SSSR count). The maximum absolute atomic E-state index is 12.8. The van der Waals surface area contributed by atoms with Crippen LogP contribution in [0.4, 0.5) is 4.39 Å². The largest absolute Gasteiger partial charge is 0.353 e. The van der Waals surface area contributed by atoms with Crippen LogP contribution in [0, 0.1) is 5.82 Å². The molecule has 0 spiro atoms. The third-order valence-electron chi connectivity index (χ3n) is 3.79. The van der Waals surface area contributed by atoms with E-state index in [-0.39, 0.29) is 11.7 Å². The van der Waals surface area contributed by atoms with Crippen molar-refractivity contribution >= 4 is 5.91 Å². The second-order valence-corrected chi connectivity index (χ2v) is 5.70. The first kappa shape index (κ1) is 18.4. The van der Waals surface area contributed by atoms with Gasteiger partial charge < -0.3 is 5.32 Å². The van der Waals surface area contributed by atoms with Crippen LogP contribution in [0.1, 0.15) is 56.9 Å².